The Bertz CT molecular complexity index is 556. The number of anilines is 1. The number of carboxylic acids is 1. The molecule has 0 unspecified atom stereocenters. The first-order valence-electron chi connectivity index (χ1n) is 5.18. The summed E-state index contributed by atoms with van der Waals surface area (Å²) in [7, 11) is -3.54. The molecule has 1 N–H and O–H groups in total. The lowest BCUT2D eigenvalue weighted by Crippen LogP contribution is -2.32. The van der Waals surface area contributed by atoms with Crippen molar-refractivity contribution in [3.63, 3.8) is 0 Å². The van der Waals surface area contributed by atoms with E-state index in [2.05, 4.69) is 0 Å². The second kappa shape index (κ2) is 5.58. The minimum absolute atomic E-state index is 0.116. The van der Waals surface area contributed by atoms with E-state index in [1.54, 1.807) is 25.1 Å². The Morgan fingerprint density at radius 2 is 2.06 bits per heavy atom. The van der Waals surface area contributed by atoms with Crippen LogP contribution in [0.3, 0.4) is 0 Å². The largest absolute Gasteiger partial charge is 0.481 e. The highest BCUT2D eigenvalue weighted by Crippen LogP contribution is 2.28. The summed E-state index contributed by atoms with van der Waals surface area (Å²) in [5.74, 6) is -1.05. The van der Waals surface area contributed by atoms with Gasteiger partial charge in [0.25, 0.3) is 0 Å². The van der Waals surface area contributed by atoms with Crippen molar-refractivity contribution in [2.75, 3.05) is 17.1 Å². The van der Waals surface area contributed by atoms with Crippen LogP contribution in [0.4, 0.5) is 5.69 Å². The molecule has 0 spiro atoms. The van der Waals surface area contributed by atoms with Gasteiger partial charge in [0.1, 0.15) is 0 Å². The molecule has 18 heavy (non-hydrogen) atoms. The molecule has 100 valence electrons. The van der Waals surface area contributed by atoms with Crippen LogP contribution in [-0.2, 0) is 14.8 Å². The van der Waals surface area contributed by atoms with Gasteiger partial charge >= 0.3 is 5.97 Å². The molecular formula is C11H14ClNO4S. The fourth-order valence-electron chi connectivity index (χ4n) is 1.53. The Morgan fingerprint density at radius 1 is 1.44 bits per heavy atom. The zero-order chi connectivity index (χ0) is 13.9. The molecule has 0 amide bonds. The highest BCUT2D eigenvalue weighted by atomic mass is 35.5. The average Bonchev–Trinajstić information content (AvgIpc) is 2.22. The summed E-state index contributed by atoms with van der Waals surface area (Å²) in [5.41, 5.74) is 1.02. The molecule has 0 atom stereocenters. The molecule has 0 heterocycles. The van der Waals surface area contributed by atoms with Gasteiger partial charge in [-0.1, -0.05) is 17.7 Å². The van der Waals surface area contributed by atoms with Crippen LogP contribution in [0, 0.1) is 6.92 Å². The summed E-state index contributed by atoms with van der Waals surface area (Å²) in [6.45, 7) is 1.58. The van der Waals surface area contributed by atoms with Crippen LogP contribution in [0.15, 0.2) is 18.2 Å². The molecule has 1 rings (SSSR count). The first-order valence-corrected chi connectivity index (χ1v) is 7.40. The summed E-state index contributed by atoms with van der Waals surface area (Å²) < 4.78 is 24.5. The summed E-state index contributed by atoms with van der Waals surface area (Å²) in [6.07, 6.45) is 0.772. The minimum atomic E-state index is -3.54. The van der Waals surface area contributed by atoms with Crippen molar-refractivity contribution < 1.29 is 18.3 Å². The quantitative estimate of drug-likeness (QED) is 0.899. The fourth-order valence-corrected chi connectivity index (χ4v) is 2.68. The third-order valence-corrected chi connectivity index (χ3v) is 4.03. The summed E-state index contributed by atoms with van der Waals surface area (Å²) in [6, 6.07) is 4.88. The van der Waals surface area contributed by atoms with Crippen LogP contribution in [0.25, 0.3) is 0 Å². The van der Waals surface area contributed by atoms with E-state index < -0.39 is 16.0 Å². The SMILES string of the molecule is Cc1c(Cl)cccc1N(CCC(=O)O)S(C)(=O)=O. The van der Waals surface area contributed by atoms with E-state index >= 15 is 0 Å². The molecule has 0 saturated heterocycles. The van der Waals surface area contributed by atoms with Crippen molar-refractivity contribution in [1.82, 2.24) is 0 Å². The molecule has 1 aromatic rings. The highest BCUT2D eigenvalue weighted by Gasteiger charge is 2.20. The van der Waals surface area contributed by atoms with Gasteiger partial charge in [0.05, 0.1) is 18.4 Å². The van der Waals surface area contributed by atoms with Crippen LogP contribution in [0.5, 0.6) is 0 Å². The van der Waals surface area contributed by atoms with E-state index in [1.165, 1.54) is 0 Å². The number of carbonyl (C=O) groups is 1. The predicted molar refractivity (Wildman–Crippen MR) is 70.6 cm³/mol. The summed E-state index contributed by atoms with van der Waals surface area (Å²) >= 11 is 5.93. The maximum atomic E-state index is 11.7. The Morgan fingerprint density at radius 3 is 2.56 bits per heavy atom. The molecule has 7 heteroatoms. The second-order valence-electron chi connectivity index (χ2n) is 3.86. The van der Waals surface area contributed by atoms with Crippen LogP contribution in [0.1, 0.15) is 12.0 Å². The maximum absolute atomic E-state index is 11.7. The molecule has 0 saturated carbocycles. The van der Waals surface area contributed by atoms with Crippen molar-refractivity contribution in [1.29, 1.82) is 0 Å². The van der Waals surface area contributed by atoms with E-state index in [-0.39, 0.29) is 13.0 Å². The first-order chi connectivity index (χ1) is 8.23. The smallest absolute Gasteiger partial charge is 0.305 e. The molecule has 0 bridgehead atoms. The van der Waals surface area contributed by atoms with Gasteiger partial charge < -0.3 is 5.11 Å². The summed E-state index contributed by atoms with van der Waals surface area (Å²) in [4.78, 5) is 10.6. The minimum Gasteiger partial charge on any atom is -0.481 e. The number of hydrogen-bond acceptors (Lipinski definition) is 3. The third-order valence-electron chi connectivity index (χ3n) is 2.44. The number of sulfonamides is 1. The van der Waals surface area contributed by atoms with Crippen LogP contribution in [0.2, 0.25) is 5.02 Å². The fraction of sp³-hybridized carbons (Fsp3) is 0.364. The van der Waals surface area contributed by atoms with Gasteiger partial charge in [-0.2, -0.15) is 0 Å². The molecule has 5 nitrogen and oxygen atoms in total. The van der Waals surface area contributed by atoms with Crippen molar-refractivity contribution in [3.8, 4) is 0 Å². The molecule has 0 aliphatic rings. The summed E-state index contributed by atoms with van der Waals surface area (Å²) in [5, 5.41) is 9.09. The van der Waals surface area contributed by atoms with Crippen LogP contribution < -0.4 is 4.31 Å². The number of carboxylic acid groups (broad SMARTS) is 1. The van der Waals surface area contributed by atoms with Gasteiger partial charge in [-0.05, 0) is 24.6 Å². The number of halogens is 1. The number of hydrogen-bond donors (Lipinski definition) is 1. The van der Waals surface area contributed by atoms with Gasteiger partial charge in [0, 0.05) is 11.6 Å². The van der Waals surface area contributed by atoms with Gasteiger partial charge in [0.2, 0.25) is 10.0 Å². The first kappa shape index (κ1) is 14.8. The van der Waals surface area contributed by atoms with E-state index in [9.17, 15) is 13.2 Å². The monoisotopic (exact) mass is 291 g/mol. The number of nitrogens with zero attached hydrogens (tertiary/aromatic N) is 1. The average molecular weight is 292 g/mol. The van der Waals surface area contributed by atoms with Gasteiger partial charge in [0.15, 0.2) is 0 Å². The second-order valence-corrected chi connectivity index (χ2v) is 6.18. The predicted octanol–water partition coefficient (Wildman–Crippen LogP) is 1.89. The van der Waals surface area contributed by atoms with Crippen LogP contribution >= 0.6 is 11.6 Å². The van der Waals surface area contributed by atoms with E-state index in [0.717, 1.165) is 10.6 Å². The Balaban J connectivity index is 3.18. The molecule has 0 aliphatic heterocycles. The van der Waals surface area contributed by atoms with E-state index in [1.807, 2.05) is 0 Å². The van der Waals surface area contributed by atoms with Gasteiger partial charge in [-0.15, -0.1) is 0 Å². The number of rotatable bonds is 5. The zero-order valence-electron chi connectivity index (χ0n) is 10.1. The molecule has 0 fully saturated rings. The molecule has 0 radical (unpaired) electrons. The van der Waals surface area contributed by atoms with Crippen molar-refractivity contribution in [2.45, 2.75) is 13.3 Å². The Kier molecular flexibility index (Phi) is 4.59. The topological polar surface area (TPSA) is 74.7 Å². The number of aliphatic carboxylic acids is 1. The molecule has 0 aromatic heterocycles. The van der Waals surface area contributed by atoms with Crippen molar-refractivity contribution >= 4 is 33.3 Å². The van der Waals surface area contributed by atoms with Gasteiger partial charge in [-0.3, -0.25) is 9.10 Å². The van der Waals surface area contributed by atoms with Crippen LogP contribution in [-0.4, -0.2) is 32.3 Å². The van der Waals surface area contributed by atoms with Gasteiger partial charge in [-0.25, -0.2) is 8.42 Å². The Hall–Kier alpha value is -1.27. The lowest BCUT2D eigenvalue weighted by atomic mass is 10.2. The molecule has 1 aromatic carbocycles. The van der Waals surface area contributed by atoms with Crippen molar-refractivity contribution in [3.05, 3.63) is 28.8 Å². The zero-order valence-corrected chi connectivity index (χ0v) is 11.6. The van der Waals surface area contributed by atoms with E-state index in [0.29, 0.717) is 16.3 Å². The lowest BCUT2D eigenvalue weighted by Gasteiger charge is -2.23. The van der Waals surface area contributed by atoms with Crippen molar-refractivity contribution in [2.24, 2.45) is 0 Å². The van der Waals surface area contributed by atoms with E-state index in [4.69, 9.17) is 16.7 Å². The molecular weight excluding hydrogens is 278 g/mol. The maximum Gasteiger partial charge on any atom is 0.305 e. The standard InChI is InChI=1S/C11H14ClNO4S/c1-8-9(12)4-3-5-10(8)13(18(2,16)17)7-6-11(14)15/h3-5H,6-7H2,1-2H3,(H,14,15). The molecule has 0 aliphatic carbocycles. The third kappa shape index (κ3) is 3.61. The lowest BCUT2D eigenvalue weighted by molar-refractivity contribution is -0.136. The highest BCUT2D eigenvalue weighted by molar-refractivity contribution is 7.92. The Labute approximate surface area is 111 Å². The number of benzene rings is 1. The normalized spacial score (nSPS) is 11.3.